The fraction of sp³-hybridized carbons (Fsp3) is 0.800. The Labute approximate surface area is 90.4 Å². The van der Waals surface area contributed by atoms with E-state index in [0.29, 0.717) is 0 Å². The first-order valence-electron chi connectivity index (χ1n) is 4.77. The second-order valence-corrected chi connectivity index (χ2v) is 4.70. The Bertz CT molecular complexity index is 259. The van der Waals surface area contributed by atoms with Crippen molar-refractivity contribution in [2.45, 2.75) is 45.3 Å². The zero-order chi connectivity index (χ0) is 12.3. The van der Waals surface area contributed by atoms with Gasteiger partial charge in [-0.05, 0) is 27.7 Å². The predicted molar refractivity (Wildman–Crippen MR) is 57.1 cm³/mol. The molecule has 0 aliphatic rings. The van der Waals surface area contributed by atoms with E-state index in [4.69, 9.17) is 10.5 Å². The molecule has 0 aromatic rings. The second-order valence-electron chi connectivity index (χ2n) is 4.70. The lowest BCUT2D eigenvalue weighted by Gasteiger charge is -2.30. The molecule has 88 valence electrons. The molecule has 0 aromatic heterocycles. The number of ether oxygens (including phenoxy) is 1. The average Bonchev–Trinajstić information content (AvgIpc) is 2.00. The smallest absolute Gasteiger partial charge is 0.252 e. The number of rotatable bonds is 5. The van der Waals surface area contributed by atoms with Crippen LogP contribution >= 0.6 is 0 Å². The van der Waals surface area contributed by atoms with E-state index in [9.17, 15) is 9.59 Å². The van der Waals surface area contributed by atoms with Crippen LogP contribution in [-0.2, 0) is 14.3 Å². The molecule has 3 N–H and O–H groups in total. The molecule has 5 heteroatoms. The molecule has 15 heavy (non-hydrogen) atoms. The molecule has 0 spiro atoms. The number of methoxy groups -OCH3 is 1. The van der Waals surface area contributed by atoms with Crippen molar-refractivity contribution in [3.8, 4) is 0 Å². The van der Waals surface area contributed by atoms with Crippen molar-refractivity contribution in [1.29, 1.82) is 0 Å². The zero-order valence-corrected chi connectivity index (χ0v) is 10.0. The summed E-state index contributed by atoms with van der Waals surface area (Å²) < 4.78 is 5.02. The Hall–Kier alpha value is -1.10. The third kappa shape index (κ3) is 4.78. The van der Waals surface area contributed by atoms with Gasteiger partial charge in [-0.15, -0.1) is 0 Å². The van der Waals surface area contributed by atoms with Crippen LogP contribution in [0.5, 0.6) is 0 Å². The molecule has 2 amide bonds. The standard InChI is InChI=1S/C10H20N2O3/c1-9(2,6-7(11)13)12-8(14)10(3,4)15-5/h6H2,1-5H3,(H2,11,13)(H,12,14). The molecule has 0 saturated carbocycles. The minimum Gasteiger partial charge on any atom is -0.370 e. The van der Waals surface area contributed by atoms with E-state index in [2.05, 4.69) is 5.32 Å². The highest BCUT2D eigenvalue weighted by Crippen LogP contribution is 2.13. The maximum absolute atomic E-state index is 11.7. The van der Waals surface area contributed by atoms with Crippen LogP contribution in [0, 0.1) is 0 Å². The monoisotopic (exact) mass is 216 g/mol. The van der Waals surface area contributed by atoms with Gasteiger partial charge in [0.1, 0.15) is 5.60 Å². The molecule has 0 bridgehead atoms. The number of nitrogens with two attached hydrogens (primary N) is 1. The Morgan fingerprint density at radius 3 is 2.07 bits per heavy atom. The van der Waals surface area contributed by atoms with E-state index in [1.54, 1.807) is 27.7 Å². The van der Waals surface area contributed by atoms with Crippen molar-refractivity contribution in [2.24, 2.45) is 5.73 Å². The van der Waals surface area contributed by atoms with Gasteiger partial charge in [-0.25, -0.2) is 0 Å². The number of nitrogens with one attached hydrogen (secondary N) is 1. The Kier molecular flexibility index (Phi) is 4.27. The summed E-state index contributed by atoms with van der Waals surface area (Å²) in [5, 5.41) is 2.71. The molecule has 0 aromatic carbocycles. The molecule has 0 radical (unpaired) electrons. The van der Waals surface area contributed by atoms with Crippen LogP contribution in [0.4, 0.5) is 0 Å². The van der Waals surface area contributed by atoms with Crippen molar-refractivity contribution < 1.29 is 14.3 Å². The van der Waals surface area contributed by atoms with Gasteiger partial charge in [-0.1, -0.05) is 0 Å². The topological polar surface area (TPSA) is 81.4 Å². The van der Waals surface area contributed by atoms with Crippen LogP contribution in [0.15, 0.2) is 0 Å². The number of hydrogen-bond acceptors (Lipinski definition) is 3. The highest BCUT2D eigenvalue weighted by molar-refractivity contribution is 5.85. The fourth-order valence-electron chi connectivity index (χ4n) is 1.03. The summed E-state index contributed by atoms with van der Waals surface area (Å²) in [6.07, 6.45) is 0.0958. The van der Waals surface area contributed by atoms with Crippen molar-refractivity contribution in [1.82, 2.24) is 5.32 Å². The first-order valence-corrected chi connectivity index (χ1v) is 4.77. The number of carbonyl (C=O) groups is 2. The van der Waals surface area contributed by atoms with Gasteiger partial charge in [-0.3, -0.25) is 9.59 Å². The van der Waals surface area contributed by atoms with Gasteiger partial charge in [0.25, 0.3) is 5.91 Å². The molecule has 0 unspecified atom stereocenters. The maximum Gasteiger partial charge on any atom is 0.252 e. The molecule has 0 aliphatic carbocycles. The largest absolute Gasteiger partial charge is 0.370 e. The fourth-order valence-corrected chi connectivity index (χ4v) is 1.03. The molecular weight excluding hydrogens is 196 g/mol. The lowest BCUT2D eigenvalue weighted by molar-refractivity contribution is -0.141. The van der Waals surface area contributed by atoms with E-state index in [1.807, 2.05) is 0 Å². The highest BCUT2D eigenvalue weighted by Gasteiger charge is 2.32. The molecule has 0 rings (SSSR count). The summed E-state index contributed by atoms with van der Waals surface area (Å²) in [5.74, 6) is -0.716. The summed E-state index contributed by atoms with van der Waals surface area (Å²) in [4.78, 5) is 22.5. The lowest BCUT2D eigenvalue weighted by atomic mass is 9.98. The zero-order valence-electron chi connectivity index (χ0n) is 10.0. The van der Waals surface area contributed by atoms with Crippen molar-refractivity contribution in [3.63, 3.8) is 0 Å². The number of carbonyl (C=O) groups excluding carboxylic acids is 2. The molecule has 0 atom stereocenters. The first kappa shape index (κ1) is 13.9. The van der Waals surface area contributed by atoms with Gasteiger partial charge >= 0.3 is 0 Å². The summed E-state index contributed by atoms with van der Waals surface area (Å²) in [6.45, 7) is 6.79. The van der Waals surface area contributed by atoms with Crippen molar-refractivity contribution >= 4 is 11.8 Å². The van der Waals surface area contributed by atoms with Crippen LogP contribution in [0.25, 0.3) is 0 Å². The second kappa shape index (κ2) is 4.61. The molecule has 0 heterocycles. The Morgan fingerprint density at radius 1 is 1.27 bits per heavy atom. The van der Waals surface area contributed by atoms with Gasteiger partial charge < -0.3 is 15.8 Å². The summed E-state index contributed by atoms with van der Waals surface area (Å²) in [5.41, 5.74) is 3.51. The van der Waals surface area contributed by atoms with Gasteiger partial charge in [0.05, 0.1) is 0 Å². The average molecular weight is 216 g/mol. The van der Waals surface area contributed by atoms with Gasteiger partial charge in [0, 0.05) is 19.1 Å². The summed E-state index contributed by atoms with van der Waals surface area (Å²) in [6, 6.07) is 0. The van der Waals surface area contributed by atoms with Crippen molar-refractivity contribution in [3.05, 3.63) is 0 Å². The van der Waals surface area contributed by atoms with Crippen LogP contribution in [0.3, 0.4) is 0 Å². The molecule has 5 nitrogen and oxygen atoms in total. The number of primary amides is 1. The lowest BCUT2D eigenvalue weighted by Crippen LogP contribution is -2.53. The van der Waals surface area contributed by atoms with E-state index < -0.39 is 17.0 Å². The van der Waals surface area contributed by atoms with Crippen molar-refractivity contribution in [2.75, 3.05) is 7.11 Å². The summed E-state index contributed by atoms with van der Waals surface area (Å²) in [7, 11) is 1.46. The maximum atomic E-state index is 11.7. The molecule has 0 saturated heterocycles. The Morgan fingerprint density at radius 2 is 1.73 bits per heavy atom. The van der Waals surface area contributed by atoms with Crippen LogP contribution in [-0.4, -0.2) is 30.1 Å². The normalized spacial score (nSPS) is 12.3. The minimum absolute atomic E-state index is 0.0958. The third-order valence-electron chi connectivity index (χ3n) is 2.13. The molecule has 0 fully saturated rings. The summed E-state index contributed by atoms with van der Waals surface area (Å²) >= 11 is 0. The number of hydrogen-bond donors (Lipinski definition) is 2. The molecule has 0 aliphatic heterocycles. The van der Waals surface area contributed by atoms with Gasteiger partial charge in [0.2, 0.25) is 5.91 Å². The van der Waals surface area contributed by atoms with Gasteiger partial charge in [0.15, 0.2) is 0 Å². The van der Waals surface area contributed by atoms with E-state index >= 15 is 0 Å². The third-order valence-corrected chi connectivity index (χ3v) is 2.13. The van der Waals surface area contributed by atoms with E-state index in [-0.39, 0.29) is 12.3 Å². The van der Waals surface area contributed by atoms with Crippen LogP contribution in [0.2, 0.25) is 0 Å². The van der Waals surface area contributed by atoms with E-state index in [0.717, 1.165) is 0 Å². The molecular formula is C10H20N2O3. The minimum atomic E-state index is -0.908. The van der Waals surface area contributed by atoms with E-state index in [1.165, 1.54) is 7.11 Å². The Balaban J connectivity index is 4.46. The SMILES string of the molecule is COC(C)(C)C(=O)NC(C)(C)CC(N)=O. The highest BCUT2D eigenvalue weighted by atomic mass is 16.5. The quantitative estimate of drug-likeness (QED) is 0.688. The number of amides is 2. The van der Waals surface area contributed by atoms with Gasteiger partial charge in [-0.2, -0.15) is 0 Å². The predicted octanol–water partition coefficient (Wildman–Crippen LogP) is 0.182. The van der Waals surface area contributed by atoms with Crippen LogP contribution < -0.4 is 11.1 Å². The first-order chi connectivity index (χ1) is 6.60. The van der Waals surface area contributed by atoms with Crippen LogP contribution in [0.1, 0.15) is 34.1 Å².